The van der Waals surface area contributed by atoms with E-state index in [0.29, 0.717) is 24.5 Å². The molecule has 36 heavy (non-hydrogen) atoms. The largest absolute Gasteiger partial charge is 0.481 e. The highest BCUT2D eigenvalue weighted by atomic mass is 35.5. The first-order valence-electron chi connectivity index (χ1n) is 12.6. The summed E-state index contributed by atoms with van der Waals surface area (Å²) in [5, 5.41) is 14.5. The van der Waals surface area contributed by atoms with Crippen LogP contribution < -0.4 is 4.90 Å². The lowest BCUT2D eigenvalue weighted by Crippen LogP contribution is -2.42. The number of imidazole rings is 1. The summed E-state index contributed by atoms with van der Waals surface area (Å²) in [7, 11) is 1.40. The van der Waals surface area contributed by atoms with Gasteiger partial charge in [0.1, 0.15) is 5.82 Å². The first-order valence-corrected chi connectivity index (χ1v) is 13.0. The number of ether oxygens (including phenoxy) is 1. The Balaban J connectivity index is 1.64. The van der Waals surface area contributed by atoms with Gasteiger partial charge in [0.25, 0.3) is 0 Å². The van der Waals surface area contributed by atoms with E-state index in [-0.39, 0.29) is 30.0 Å². The maximum Gasteiger partial charge on any atom is 0.414 e. The third kappa shape index (κ3) is 4.34. The van der Waals surface area contributed by atoms with Gasteiger partial charge in [0.2, 0.25) is 0 Å². The summed E-state index contributed by atoms with van der Waals surface area (Å²) in [6.07, 6.45) is 6.16. The van der Waals surface area contributed by atoms with Crippen molar-refractivity contribution < 1.29 is 19.4 Å². The summed E-state index contributed by atoms with van der Waals surface area (Å²) < 4.78 is 9.16. The molecule has 1 saturated carbocycles. The summed E-state index contributed by atoms with van der Waals surface area (Å²) >= 11 is 6.04. The summed E-state index contributed by atoms with van der Waals surface area (Å²) in [6.45, 7) is 4.73. The Bertz CT molecular complexity index is 1300. The maximum absolute atomic E-state index is 12.6. The molecule has 4 atom stereocenters. The normalized spacial score (nSPS) is 22.9. The van der Waals surface area contributed by atoms with Crippen LogP contribution in [0.5, 0.6) is 0 Å². The first kappa shape index (κ1) is 24.6. The van der Waals surface area contributed by atoms with Gasteiger partial charge in [-0.2, -0.15) is 5.10 Å². The van der Waals surface area contributed by atoms with Crippen LogP contribution in [0, 0.1) is 5.92 Å². The van der Waals surface area contributed by atoms with E-state index < -0.39 is 5.97 Å². The molecule has 0 spiro atoms. The molecule has 1 aliphatic carbocycles. The average molecular weight is 514 g/mol. The second kappa shape index (κ2) is 9.76. The van der Waals surface area contributed by atoms with Crippen LogP contribution in [0.15, 0.2) is 24.4 Å². The fraction of sp³-hybridized carbons (Fsp3) is 0.538. The zero-order chi connectivity index (χ0) is 25.6. The van der Waals surface area contributed by atoms with Gasteiger partial charge in [0, 0.05) is 29.8 Å². The van der Waals surface area contributed by atoms with Crippen LogP contribution in [-0.4, -0.2) is 49.7 Å². The van der Waals surface area contributed by atoms with Gasteiger partial charge in [-0.1, -0.05) is 24.9 Å². The molecule has 0 radical (unpaired) electrons. The van der Waals surface area contributed by atoms with Gasteiger partial charge in [-0.15, -0.1) is 0 Å². The van der Waals surface area contributed by atoms with Crippen molar-refractivity contribution in [3.8, 4) is 0 Å². The molecule has 5 rings (SSSR count). The lowest BCUT2D eigenvalue weighted by molar-refractivity contribution is -0.143. The number of fused-ring (bicyclic) bond motifs is 3. The van der Waals surface area contributed by atoms with Crippen molar-refractivity contribution in [3.63, 3.8) is 0 Å². The van der Waals surface area contributed by atoms with Gasteiger partial charge in [0.05, 0.1) is 36.3 Å². The molecule has 0 bridgehead atoms. The minimum atomic E-state index is -0.731. The number of aromatic nitrogens is 4. The Hall–Kier alpha value is -3.07. The van der Waals surface area contributed by atoms with E-state index >= 15 is 0 Å². The number of anilines is 1. The van der Waals surface area contributed by atoms with Crippen LogP contribution in [-0.2, 0) is 22.5 Å². The number of amides is 1. The first-order chi connectivity index (χ1) is 17.3. The summed E-state index contributed by atoms with van der Waals surface area (Å²) in [6, 6.07) is 5.85. The van der Waals surface area contributed by atoms with Crippen molar-refractivity contribution in [2.24, 2.45) is 5.92 Å². The number of aryl methyl sites for hydroxylation is 1. The van der Waals surface area contributed by atoms with Gasteiger partial charge >= 0.3 is 12.1 Å². The van der Waals surface area contributed by atoms with Crippen LogP contribution in [0.4, 0.5) is 10.5 Å². The molecule has 1 aromatic carbocycles. The number of carbonyl (C=O) groups is 2. The minimum absolute atomic E-state index is 0.00782. The lowest BCUT2D eigenvalue weighted by Gasteiger charge is -2.34. The molecule has 192 valence electrons. The Morgan fingerprint density at radius 1 is 1.25 bits per heavy atom. The van der Waals surface area contributed by atoms with Crippen molar-refractivity contribution in [3.05, 3.63) is 40.9 Å². The second-order valence-electron chi connectivity index (χ2n) is 10.1. The van der Waals surface area contributed by atoms with Gasteiger partial charge in [-0.05, 0) is 57.2 Å². The maximum atomic E-state index is 12.6. The van der Waals surface area contributed by atoms with E-state index in [1.807, 2.05) is 29.9 Å². The molecule has 2 unspecified atom stereocenters. The number of nitrogens with zero attached hydrogens (tertiary/aromatic N) is 5. The quantitative estimate of drug-likeness (QED) is 0.489. The monoisotopic (exact) mass is 513 g/mol. The van der Waals surface area contributed by atoms with Gasteiger partial charge in [0.15, 0.2) is 5.15 Å². The molecule has 3 aromatic rings. The van der Waals surface area contributed by atoms with Crippen LogP contribution in [0.3, 0.4) is 0 Å². The SMILES string of the molecule is COC(=O)N1c2ccc3c(nc(C(C)Cn4ccc(Cl)n4)n3[C@@H]3CCC[C@@H](C(=O)O)C3)c2CCC1C. The summed E-state index contributed by atoms with van der Waals surface area (Å²) in [5.41, 5.74) is 3.74. The Kier molecular flexibility index (Phi) is 6.68. The number of carboxylic acids is 1. The number of methoxy groups -OCH3 is 1. The van der Waals surface area contributed by atoms with Crippen LogP contribution >= 0.6 is 11.6 Å². The molecule has 9 nitrogen and oxygen atoms in total. The molecule has 1 amide bonds. The smallest absolute Gasteiger partial charge is 0.414 e. The number of carboxylic acid groups (broad SMARTS) is 1. The van der Waals surface area contributed by atoms with Crippen molar-refractivity contribution in [2.45, 2.75) is 76.9 Å². The highest BCUT2D eigenvalue weighted by molar-refractivity contribution is 6.29. The Labute approximate surface area is 215 Å². The van der Waals surface area contributed by atoms with E-state index in [9.17, 15) is 14.7 Å². The number of hydrogen-bond donors (Lipinski definition) is 1. The topological polar surface area (TPSA) is 102 Å². The fourth-order valence-electron chi connectivity index (χ4n) is 5.95. The molecule has 1 N–H and O–H groups in total. The molecular weight excluding hydrogens is 482 g/mol. The van der Waals surface area contributed by atoms with Gasteiger partial charge < -0.3 is 14.4 Å². The molecule has 10 heteroatoms. The van der Waals surface area contributed by atoms with Crippen LogP contribution in [0.25, 0.3) is 11.0 Å². The molecular formula is C26H32ClN5O4. The van der Waals surface area contributed by atoms with Crippen molar-refractivity contribution in [1.29, 1.82) is 0 Å². The number of halogens is 1. The zero-order valence-corrected chi connectivity index (χ0v) is 21.6. The van der Waals surface area contributed by atoms with Crippen molar-refractivity contribution in [1.82, 2.24) is 19.3 Å². The number of rotatable bonds is 5. The minimum Gasteiger partial charge on any atom is -0.481 e. The Morgan fingerprint density at radius 3 is 2.75 bits per heavy atom. The summed E-state index contributed by atoms with van der Waals surface area (Å²) in [5.74, 6) is -0.176. The molecule has 2 aliphatic rings. The lowest BCUT2D eigenvalue weighted by atomic mass is 9.85. The number of hydrogen-bond acceptors (Lipinski definition) is 5. The summed E-state index contributed by atoms with van der Waals surface area (Å²) in [4.78, 5) is 31.4. The number of carbonyl (C=O) groups excluding carboxylic acids is 1. The van der Waals surface area contributed by atoms with E-state index in [0.717, 1.165) is 53.8 Å². The van der Waals surface area contributed by atoms with E-state index in [1.165, 1.54) is 7.11 Å². The predicted molar refractivity (Wildman–Crippen MR) is 137 cm³/mol. The highest BCUT2D eigenvalue weighted by Gasteiger charge is 2.35. The molecule has 0 saturated heterocycles. The zero-order valence-electron chi connectivity index (χ0n) is 20.9. The van der Waals surface area contributed by atoms with Crippen LogP contribution in [0.2, 0.25) is 5.15 Å². The van der Waals surface area contributed by atoms with E-state index in [2.05, 4.69) is 16.6 Å². The average Bonchev–Trinajstić information content (AvgIpc) is 3.46. The number of benzene rings is 1. The highest BCUT2D eigenvalue weighted by Crippen LogP contribution is 2.41. The van der Waals surface area contributed by atoms with Gasteiger partial charge in [-0.3, -0.25) is 14.4 Å². The second-order valence-corrected chi connectivity index (χ2v) is 10.5. The molecule has 1 aliphatic heterocycles. The van der Waals surface area contributed by atoms with E-state index in [1.54, 1.807) is 11.0 Å². The Morgan fingerprint density at radius 2 is 2.06 bits per heavy atom. The number of aliphatic carboxylic acids is 1. The van der Waals surface area contributed by atoms with Gasteiger partial charge in [-0.25, -0.2) is 9.78 Å². The van der Waals surface area contributed by atoms with Crippen LogP contribution in [0.1, 0.15) is 69.3 Å². The third-order valence-electron chi connectivity index (χ3n) is 7.72. The predicted octanol–water partition coefficient (Wildman–Crippen LogP) is 5.41. The van der Waals surface area contributed by atoms with Crippen molar-refractivity contribution >= 4 is 40.4 Å². The molecule has 1 fully saturated rings. The fourth-order valence-corrected chi connectivity index (χ4v) is 6.10. The molecule has 2 aromatic heterocycles. The third-order valence-corrected chi connectivity index (χ3v) is 7.93. The molecule has 3 heterocycles. The van der Waals surface area contributed by atoms with E-state index in [4.69, 9.17) is 21.3 Å². The van der Waals surface area contributed by atoms with Crippen molar-refractivity contribution in [2.75, 3.05) is 12.0 Å². The standard InChI is InChI=1S/C26H32ClN5O4/c1-15(14-30-12-11-22(27)29-30)24-28-23-19-8-7-16(2)31(26(35)36-3)20(19)9-10-21(23)32(24)18-6-4-5-17(13-18)25(33)34/h9-12,15-18H,4-8,13-14H2,1-3H3,(H,33,34)/t15?,16?,17-,18-/m1/s1.